The van der Waals surface area contributed by atoms with Crippen molar-refractivity contribution in [3.63, 3.8) is 0 Å². The number of hydrogen-bond acceptors (Lipinski definition) is 4. The molecule has 1 aromatic heterocycles. The van der Waals surface area contributed by atoms with Gasteiger partial charge in [-0.05, 0) is 64.5 Å². The van der Waals surface area contributed by atoms with Gasteiger partial charge in [0.25, 0.3) is 0 Å². The second-order valence-corrected chi connectivity index (χ2v) is 9.74. The molecule has 1 aromatic carbocycles. The molecular weight excluding hydrogens is 397 g/mol. The van der Waals surface area contributed by atoms with E-state index in [9.17, 15) is 12.8 Å². The van der Waals surface area contributed by atoms with Gasteiger partial charge in [0.2, 0.25) is 10.0 Å². The number of hydrogen-bond donors (Lipinski definition) is 1. The Morgan fingerprint density at radius 2 is 1.90 bits per heavy atom. The van der Waals surface area contributed by atoms with Crippen molar-refractivity contribution in [1.82, 2.24) is 4.72 Å². The highest BCUT2D eigenvalue weighted by atomic mass is 79.9. The van der Waals surface area contributed by atoms with Crippen molar-refractivity contribution >= 4 is 49.1 Å². The quantitative estimate of drug-likeness (QED) is 0.552. The fourth-order valence-corrected chi connectivity index (χ4v) is 5.49. The lowest BCUT2D eigenvalue weighted by molar-refractivity contribution is 0.583. The van der Waals surface area contributed by atoms with Crippen LogP contribution < -0.4 is 4.72 Å². The average molecular weight is 410 g/mol. The van der Waals surface area contributed by atoms with Crippen LogP contribution in [-0.2, 0) is 10.0 Å². The standard InChI is InChI=1S/C13H13BrFNO2S3/c14-12-6-7-13(20-12)21(17,18)16-8-1-9-19-11-4-2-10(15)3-5-11/h2-7,16H,1,8-9H2. The summed E-state index contributed by atoms with van der Waals surface area (Å²) in [6.45, 7) is 0.381. The maximum atomic E-state index is 12.7. The normalized spacial score (nSPS) is 11.7. The highest BCUT2D eigenvalue weighted by Crippen LogP contribution is 2.25. The Balaban J connectivity index is 1.73. The summed E-state index contributed by atoms with van der Waals surface area (Å²) >= 11 is 6.00. The number of thiophene rings is 1. The van der Waals surface area contributed by atoms with Crippen molar-refractivity contribution in [3.8, 4) is 0 Å². The van der Waals surface area contributed by atoms with E-state index in [2.05, 4.69) is 20.7 Å². The van der Waals surface area contributed by atoms with E-state index in [1.54, 1.807) is 36.0 Å². The number of thioether (sulfide) groups is 1. The minimum Gasteiger partial charge on any atom is -0.210 e. The van der Waals surface area contributed by atoms with Crippen LogP contribution in [0.3, 0.4) is 0 Å². The van der Waals surface area contributed by atoms with E-state index in [-0.39, 0.29) is 5.82 Å². The van der Waals surface area contributed by atoms with Gasteiger partial charge in [0.15, 0.2) is 0 Å². The molecule has 0 aliphatic carbocycles. The van der Waals surface area contributed by atoms with Gasteiger partial charge in [-0.2, -0.15) is 0 Å². The lowest BCUT2D eigenvalue weighted by Crippen LogP contribution is -2.24. The van der Waals surface area contributed by atoms with Crippen LogP contribution in [0.25, 0.3) is 0 Å². The summed E-state index contributed by atoms with van der Waals surface area (Å²) in [5.74, 6) is 0.511. The van der Waals surface area contributed by atoms with Gasteiger partial charge in [0.05, 0.1) is 3.79 Å². The molecular formula is C13H13BrFNO2S3. The molecule has 0 atom stereocenters. The molecule has 2 rings (SSSR count). The Morgan fingerprint density at radius 1 is 1.19 bits per heavy atom. The molecule has 0 aliphatic rings. The van der Waals surface area contributed by atoms with Crippen LogP contribution in [0.4, 0.5) is 4.39 Å². The molecule has 21 heavy (non-hydrogen) atoms. The van der Waals surface area contributed by atoms with E-state index >= 15 is 0 Å². The van der Waals surface area contributed by atoms with Gasteiger partial charge in [0, 0.05) is 11.4 Å². The predicted molar refractivity (Wildman–Crippen MR) is 88.9 cm³/mol. The van der Waals surface area contributed by atoms with Crippen molar-refractivity contribution in [2.75, 3.05) is 12.3 Å². The van der Waals surface area contributed by atoms with Crippen molar-refractivity contribution in [1.29, 1.82) is 0 Å². The van der Waals surface area contributed by atoms with Crippen LogP contribution in [0, 0.1) is 5.82 Å². The first-order valence-electron chi connectivity index (χ1n) is 6.11. The van der Waals surface area contributed by atoms with Crippen molar-refractivity contribution in [2.45, 2.75) is 15.5 Å². The molecule has 0 aliphatic heterocycles. The van der Waals surface area contributed by atoms with E-state index < -0.39 is 10.0 Å². The van der Waals surface area contributed by atoms with Crippen LogP contribution in [0.15, 0.2) is 49.3 Å². The van der Waals surface area contributed by atoms with Gasteiger partial charge in [0.1, 0.15) is 10.0 Å². The average Bonchev–Trinajstić information content (AvgIpc) is 2.88. The Morgan fingerprint density at radius 3 is 2.52 bits per heavy atom. The summed E-state index contributed by atoms with van der Waals surface area (Å²) < 4.78 is 40.3. The Kier molecular flexibility index (Phi) is 6.24. The van der Waals surface area contributed by atoms with Crippen molar-refractivity contribution in [2.24, 2.45) is 0 Å². The highest BCUT2D eigenvalue weighted by molar-refractivity contribution is 9.11. The molecule has 0 unspecified atom stereocenters. The zero-order chi connectivity index (χ0) is 15.3. The minimum atomic E-state index is -3.41. The molecule has 2 aromatic rings. The fraction of sp³-hybridized carbons (Fsp3) is 0.231. The summed E-state index contributed by atoms with van der Waals surface area (Å²) in [6.07, 6.45) is 0.702. The zero-order valence-corrected chi connectivity index (χ0v) is 14.9. The topological polar surface area (TPSA) is 46.2 Å². The number of halogens is 2. The Labute approximate surface area is 140 Å². The summed E-state index contributed by atoms with van der Waals surface area (Å²) in [6, 6.07) is 9.55. The molecule has 0 fully saturated rings. The second kappa shape index (κ2) is 7.73. The van der Waals surface area contributed by atoms with Gasteiger partial charge in [-0.15, -0.1) is 23.1 Å². The predicted octanol–water partition coefficient (Wildman–Crippen LogP) is 4.11. The molecule has 3 nitrogen and oxygen atoms in total. The largest absolute Gasteiger partial charge is 0.250 e. The zero-order valence-electron chi connectivity index (χ0n) is 10.9. The third-order valence-electron chi connectivity index (χ3n) is 2.51. The molecule has 0 saturated heterocycles. The minimum absolute atomic E-state index is 0.255. The first-order chi connectivity index (χ1) is 9.97. The number of nitrogens with one attached hydrogen (secondary N) is 1. The van der Waals surface area contributed by atoms with Crippen LogP contribution in [0.2, 0.25) is 0 Å². The lowest BCUT2D eigenvalue weighted by Gasteiger charge is -2.05. The monoisotopic (exact) mass is 409 g/mol. The third-order valence-corrected chi connectivity index (χ3v) is 7.18. The first-order valence-corrected chi connectivity index (χ1v) is 10.2. The van der Waals surface area contributed by atoms with Crippen LogP contribution in [0.1, 0.15) is 6.42 Å². The van der Waals surface area contributed by atoms with E-state index in [1.165, 1.54) is 23.5 Å². The lowest BCUT2D eigenvalue weighted by atomic mass is 10.4. The summed E-state index contributed by atoms with van der Waals surface area (Å²) in [4.78, 5) is 0.974. The van der Waals surface area contributed by atoms with Crippen LogP contribution >= 0.6 is 39.0 Å². The van der Waals surface area contributed by atoms with Crippen LogP contribution in [0.5, 0.6) is 0 Å². The molecule has 114 valence electrons. The van der Waals surface area contributed by atoms with E-state index in [1.807, 2.05) is 0 Å². The van der Waals surface area contributed by atoms with Crippen molar-refractivity contribution in [3.05, 3.63) is 46.0 Å². The number of sulfonamides is 1. The van der Waals surface area contributed by atoms with Gasteiger partial charge in [-0.3, -0.25) is 0 Å². The maximum absolute atomic E-state index is 12.7. The molecule has 0 saturated carbocycles. The van der Waals surface area contributed by atoms with E-state index in [0.717, 1.165) is 14.4 Å². The van der Waals surface area contributed by atoms with Gasteiger partial charge >= 0.3 is 0 Å². The van der Waals surface area contributed by atoms with E-state index in [4.69, 9.17) is 0 Å². The second-order valence-electron chi connectivity index (χ2n) is 4.11. The summed E-state index contributed by atoms with van der Waals surface area (Å²) in [5.41, 5.74) is 0. The molecule has 0 spiro atoms. The summed E-state index contributed by atoms with van der Waals surface area (Å²) in [5, 5.41) is 0. The summed E-state index contributed by atoms with van der Waals surface area (Å²) in [7, 11) is -3.41. The number of rotatable bonds is 7. The molecule has 1 N–H and O–H groups in total. The third kappa shape index (κ3) is 5.37. The maximum Gasteiger partial charge on any atom is 0.250 e. The van der Waals surface area contributed by atoms with Crippen LogP contribution in [-0.4, -0.2) is 20.7 Å². The SMILES string of the molecule is O=S(=O)(NCCCSc1ccc(F)cc1)c1ccc(Br)s1. The molecule has 1 heterocycles. The molecule has 0 bridgehead atoms. The van der Waals surface area contributed by atoms with Gasteiger partial charge < -0.3 is 0 Å². The molecule has 0 radical (unpaired) electrons. The van der Waals surface area contributed by atoms with Gasteiger partial charge in [-0.1, -0.05) is 0 Å². The molecule has 0 amide bonds. The smallest absolute Gasteiger partial charge is 0.210 e. The Hall–Kier alpha value is -0.410. The highest BCUT2D eigenvalue weighted by Gasteiger charge is 2.15. The number of benzene rings is 1. The Bertz CT molecular complexity index is 686. The first kappa shape index (κ1) is 17.0. The molecule has 8 heteroatoms. The van der Waals surface area contributed by atoms with E-state index in [0.29, 0.717) is 17.2 Å². The van der Waals surface area contributed by atoms with Crippen molar-refractivity contribution < 1.29 is 12.8 Å². The van der Waals surface area contributed by atoms with Gasteiger partial charge in [-0.25, -0.2) is 17.5 Å². The fourth-order valence-electron chi connectivity index (χ4n) is 1.51.